The number of carbonyl (C=O) groups excluding carboxylic acids is 1. The lowest BCUT2D eigenvalue weighted by Gasteiger charge is -2.28. The molecule has 3 nitrogen and oxygen atoms in total. The van der Waals surface area contributed by atoms with Crippen molar-refractivity contribution < 1.29 is 9.90 Å². The van der Waals surface area contributed by atoms with Gasteiger partial charge in [0, 0.05) is 24.2 Å². The molecule has 0 aliphatic carbocycles. The molecule has 1 amide bonds. The van der Waals surface area contributed by atoms with E-state index in [2.05, 4.69) is 0 Å². The summed E-state index contributed by atoms with van der Waals surface area (Å²) in [6.45, 7) is 0.0256. The Labute approximate surface area is 129 Å². The minimum atomic E-state index is -0.153. The summed E-state index contributed by atoms with van der Waals surface area (Å²) in [5.74, 6) is -0.0889. The second-order valence-corrected chi connectivity index (χ2v) is 5.30. The number of hydrogen-bond donors (Lipinski definition) is 1. The Balaban J connectivity index is 2.24. The van der Waals surface area contributed by atoms with Crippen LogP contribution in [0, 0.1) is 0 Å². The Morgan fingerprint density at radius 2 is 1.76 bits per heavy atom. The summed E-state index contributed by atoms with van der Waals surface area (Å²) < 4.78 is 0. The molecule has 0 spiro atoms. The fraction of sp³-hybridized carbons (Fsp3) is 0.235. The molecule has 0 radical (unpaired) electrons. The third-order valence-electron chi connectivity index (χ3n) is 3.47. The molecule has 1 unspecified atom stereocenters. The van der Waals surface area contributed by atoms with Crippen LogP contribution in [-0.4, -0.2) is 29.6 Å². The van der Waals surface area contributed by atoms with Crippen molar-refractivity contribution >= 4 is 17.5 Å². The molecule has 1 atom stereocenters. The highest BCUT2D eigenvalue weighted by Crippen LogP contribution is 2.24. The van der Waals surface area contributed by atoms with Crippen molar-refractivity contribution in [3.63, 3.8) is 0 Å². The molecule has 1 N–H and O–H groups in total. The molecular weight excluding hydrogens is 286 g/mol. The van der Waals surface area contributed by atoms with E-state index in [1.165, 1.54) is 0 Å². The van der Waals surface area contributed by atoms with E-state index in [1.54, 1.807) is 36.2 Å². The SMILES string of the molecule is CN(C(=O)c1ccc(Cl)cc1)C(CCO)c1ccccc1. The molecule has 0 fully saturated rings. The van der Waals surface area contributed by atoms with Crippen LogP contribution in [0.1, 0.15) is 28.4 Å². The zero-order valence-corrected chi connectivity index (χ0v) is 12.6. The molecule has 21 heavy (non-hydrogen) atoms. The number of hydrogen-bond acceptors (Lipinski definition) is 2. The second kappa shape index (κ2) is 7.25. The summed E-state index contributed by atoms with van der Waals surface area (Å²) in [7, 11) is 1.75. The van der Waals surface area contributed by atoms with E-state index >= 15 is 0 Å². The van der Waals surface area contributed by atoms with E-state index in [1.807, 2.05) is 30.3 Å². The number of carbonyl (C=O) groups is 1. The van der Waals surface area contributed by atoms with Gasteiger partial charge in [0.1, 0.15) is 0 Å². The zero-order valence-electron chi connectivity index (χ0n) is 11.9. The second-order valence-electron chi connectivity index (χ2n) is 4.86. The van der Waals surface area contributed by atoms with E-state index in [9.17, 15) is 9.90 Å². The van der Waals surface area contributed by atoms with Crippen LogP contribution in [0.4, 0.5) is 0 Å². The van der Waals surface area contributed by atoms with Crippen LogP contribution in [0.2, 0.25) is 5.02 Å². The van der Waals surface area contributed by atoms with Crippen molar-refractivity contribution in [3.05, 3.63) is 70.7 Å². The predicted molar refractivity (Wildman–Crippen MR) is 84.4 cm³/mol. The van der Waals surface area contributed by atoms with Gasteiger partial charge in [0.2, 0.25) is 0 Å². The molecular formula is C17H18ClNO2. The fourth-order valence-corrected chi connectivity index (χ4v) is 2.45. The number of benzene rings is 2. The van der Waals surface area contributed by atoms with E-state index < -0.39 is 0 Å². The van der Waals surface area contributed by atoms with Crippen LogP contribution in [0.25, 0.3) is 0 Å². The molecule has 0 aliphatic rings. The summed E-state index contributed by atoms with van der Waals surface area (Å²) in [5, 5.41) is 9.88. The summed E-state index contributed by atoms with van der Waals surface area (Å²) in [4.78, 5) is 14.2. The van der Waals surface area contributed by atoms with E-state index in [0.29, 0.717) is 17.0 Å². The first-order chi connectivity index (χ1) is 10.1. The molecule has 0 heterocycles. The predicted octanol–water partition coefficient (Wildman–Crippen LogP) is 3.54. The van der Waals surface area contributed by atoms with Crippen molar-refractivity contribution in [1.29, 1.82) is 0 Å². The number of rotatable bonds is 5. The Hall–Kier alpha value is -1.84. The molecule has 0 saturated carbocycles. The van der Waals surface area contributed by atoms with Crippen LogP contribution in [0.3, 0.4) is 0 Å². The highest BCUT2D eigenvalue weighted by molar-refractivity contribution is 6.30. The maximum absolute atomic E-state index is 12.5. The molecule has 110 valence electrons. The van der Waals surface area contributed by atoms with Gasteiger partial charge in [0.05, 0.1) is 6.04 Å². The van der Waals surface area contributed by atoms with Crippen molar-refractivity contribution in [1.82, 2.24) is 4.90 Å². The molecule has 0 aromatic heterocycles. The Bertz CT molecular complexity index is 583. The van der Waals surface area contributed by atoms with Gasteiger partial charge in [0.25, 0.3) is 5.91 Å². The quantitative estimate of drug-likeness (QED) is 0.918. The molecule has 2 aromatic carbocycles. The van der Waals surface area contributed by atoms with Crippen LogP contribution in [0.15, 0.2) is 54.6 Å². The number of aliphatic hydroxyl groups is 1. The van der Waals surface area contributed by atoms with Gasteiger partial charge in [-0.3, -0.25) is 4.79 Å². The van der Waals surface area contributed by atoms with Gasteiger partial charge < -0.3 is 10.0 Å². The van der Waals surface area contributed by atoms with E-state index in [-0.39, 0.29) is 18.6 Å². The van der Waals surface area contributed by atoms with Gasteiger partial charge in [-0.05, 0) is 36.2 Å². The molecule has 0 bridgehead atoms. The van der Waals surface area contributed by atoms with Gasteiger partial charge in [-0.15, -0.1) is 0 Å². The summed E-state index contributed by atoms with van der Waals surface area (Å²) >= 11 is 5.85. The van der Waals surface area contributed by atoms with Crippen LogP contribution < -0.4 is 0 Å². The first-order valence-electron chi connectivity index (χ1n) is 6.82. The largest absolute Gasteiger partial charge is 0.396 e. The molecule has 4 heteroatoms. The lowest BCUT2D eigenvalue weighted by atomic mass is 10.0. The van der Waals surface area contributed by atoms with Gasteiger partial charge in [-0.2, -0.15) is 0 Å². The average Bonchev–Trinajstić information content (AvgIpc) is 2.53. The Kier molecular flexibility index (Phi) is 5.37. The van der Waals surface area contributed by atoms with Crippen molar-refractivity contribution in [3.8, 4) is 0 Å². The monoisotopic (exact) mass is 303 g/mol. The highest BCUT2D eigenvalue weighted by Gasteiger charge is 2.22. The Morgan fingerprint density at radius 3 is 2.33 bits per heavy atom. The van der Waals surface area contributed by atoms with Gasteiger partial charge in [0.15, 0.2) is 0 Å². The summed E-state index contributed by atoms with van der Waals surface area (Å²) in [5.41, 5.74) is 1.59. The zero-order chi connectivity index (χ0) is 15.2. The lowest BCUT2D eigenvalue weighted by molar-refractivity contribution is 0.0705. The first kappa shape index (κ1) is 15.5. The van der Waals surface area contributed by atoms with Gasteiger partial charge >= 0.3 is 0 Å². The maximum Gasteiger partial charge on any atom is 0.254 e. The molecule has 0 aliphatic heterocycles. The number of amides is 1. The maximum atomic E-state index is 12.5. The number of halogens is 1. The number of nitrogens with zero attached hydrogens (tertiary/aromatic N) is 1. The lowest BCUT2D eigenvalue weighted by Crippen LogP contribution is -2.31. The number of aliphatic hydroxyl groups excluding tert-OH is 1. The highest BCUT2D eigenvalue weighted by atomic mass is 35.5. The minimum Gasteiger partial charge on any atom is -0.396 e. The molecule has 0 saturated heterocycles. The standard InChI is InChI=1S/C17H18ClNO2/c1-19(17(21)14-7-9-15(18)10-8-14)16(11-12-20)13-5-3-2-4-6-13/h2-10,16,20H,11-12H2,1H3. The van der Waals surface area contributed by atoms with Crippen molar-refractivity contribution in [2.45, 2.75) is 12.5 Å². The van der Waals surface area contributed by atoms with Crippen LogP contribution in [-0.2, 0) is 0 Å². The van der Waals surface area contributed by atoms with Gasteiger partial charge in [-0.1, -0.05) is 41.9 Å². The fourth-order valence-electron chi connectivity index (χ4n) is 2.32. The first-order valence-corrected chi connectivity index (χ1v) is 7.20. The minimum absolute atomic E-state index is 0.0256. The van der Waals surface area contributed by atoms with Crippen molar-refractivity contribution in [2.24, 2.45) is 0 Å². The summed E-state index contributed by atoms with van der Waals surface area (Å²) in [6, 6.07) is 16.4. The van der Waals surface area contributed by atoms with Crippen molar-refractivity contribution in [2.75, 3.05) is 13.7 Å². The summed E-state index contributed by atoms with van der Waals surface area (Å²) in [6.07, 6.45) is 0.500. The van der Waals surface area contributed by atoms with Crippen LogP contribution in [0.5, 0.6) is 0 Å². The average molecular weight is 304 g/mol. The van der Waals surface area contributed by atoms with Crippen LogP contribution >= 0.6 is 11.6 Å². The molecule has 2 aromatic rings. The van der Waals surface area contributed by atoms with Gasteiger partial charge in [-0.25, -0.2) is 0 Å². The Morgan fingerprint density at radius 1 is 1.14 bits per heavy atom. The third kappa shape index (κ3) is 3.84. The third-order valence-corrected chi connectivity index (χ3v) is 3.72. The van der Waals surface area contributed by atoms with E-state index in [4.69, 9.17) is 11.6 Å². The molecule has 2 rings (SSSR count). The van der Waals surface area contributed by atoms with E-state index in [0.717, 1.165) is 5.56 Å². The smallest absolute Gasteiger partial charge is 0.254 e. The topological polar surface area (TPSA) is 40.5 Å². The normalized spacial score (nSPS) is 12.0.